The van der Waals surface area contributed by atoms with Crippen molar-refractivity contribution in [2.24, 2.45) is 5.92 Å². The number of hydrogen-bond acceptors (Lipinski definition) is 6. The molecule has 2 aromatic heterocycles. The van der Waals surface area contributed by atoms with E-state index in [1.165, 1.54) is 29.3 Å². The van der Waals surface area contributed by atoms with Crippen molar-refractivity contribution in [2.75, 3.05) is 7.11 Å². The normalized spacial score (nSPS) is 16.3. The molecule has 0 aliphatic heterocycles. The van der Waals surface area contributed by atoms with Crippen LogP contribution >= 0.6 is 23.1 Å². The van der Waals surface area contributed by atoms with Gasteiger partial charge in [-0.1, -0.05) is 30.8 Å². The van der Waals surface area contributed by atoms with Crippen LogP contribution in [-0.4, -0.2) is 23.0 Å². The van der Waals surface area contributed by atoms with Gasteiger partial charge in [0.05, 0.1) is 18.1 Å². The average molecular weight is 401 g/mol. The molecule has 140 valence electrons. The lowest BCUT2D eigenvalue weighted by Gasteiger charge is -2.17. The number of aryl methyl sites for hydroxylation is 1. The van der Waals surface area contributed by atoms with Gasteiger partial charge in [-0.25, -0.2) is 9.78 Å². The number of thiophene rings is 1. The number of carbonyl (C=O) groups excluding carboxylic acids is 1. The largest absolute Gasteiger partial charge is 0.465 e. The second kappa shape index (κ2) is 7.48. The van der Waals surface area contributed by atoms with E-state index < -0.39 is 0 Å². The molecule has 1 atom stereocenters. The summed E-state index contributed by atoms with van der Waals surface area (Å²) >= 11 is 3.16. The third kappa shape index (κ3) is 3.66. The number of aromatic amines is 1. The minimum atomic E-state index is -0.346. The fourth-order valence-electron chi connectivity index (χ4n) is 3.40. The fraction of sp³-hybridized carbons (Fsp3) is 0.350. The Morgan fingerprint density at radius 1 is 1.37 bits per heavy atom. The van der Waals surface area contributed by atoms with Gasteiger partial charge in [0.1, 0.15) is 4.83 Å². The van der Waals surface area contributed by atoms with Crippen molar-refractivity contribution in [3.8, 4) is 0 Å². The number of thioether (sulfide) groups is 1. The van der Waals surface area contributed by atoms with E-state index in [9.17, 15) is 9.59 Å². The van der Waals surface area contributed by atoms with Gasteiger partial charge in [0, 0.05) is 10.6 Å². The number of esters is 1. The third-order valence-corrected chi connectivity index (χ3v) is 6.99. The number of carbonyl (C=O) groups is 1. The maximum atomic E-state index is 12.6. The van der Waals surface area contributed by atoms with E-state index in [4.69, 9.17) is 9.72 Å². The number of H-pyrrole nitrogens is 1. The molecule has 0 radical (unpaired) electrons. The Morgan fingerprint density at radius 3 is 2.89 bits per heavy atom. The van der Waals surface area contributed by atoms with Gasteiger partial charge in [0.2, 0.25) is 0 Å². The molecule has 0 amide bonds. The van der Waals surface area contributed by atoms with E-state index in [0.717, 1.165) is 35.0 Å². The second-order valence-corrected chi connectivity index (χ2v) is 8.93. The Morgan fingerprint density at radius 2 is 2.15 bits per heavy atom. The van der Waals surface area contributed by atoms with Crippen LogP contribution in [0.1, 0.15) is 39.7 Å². The summed E-state index contributed by atoms with van der Waals surface area (Å²) in [6, 6.07) is 7.27. The van der Waals surface area contributed by atoms with Crippen LogP contribution < -0.4 is 5.56 Å². The summed E-state index contributed by atoms with van der Waals surface area (Å²) in [5, 5.41) is 1.42. The summed E-state index contributed by atoms with van der Waals surface area (Å²) in [6.07, 6.45) is 3.15. The van der Waals surface area contributed by atoms with Crippen molar-refractivity contribution in [1.82, 2.24) is 9.97 Å². The maximum Gasteiger partial charge on any atom is 0.337 e. The molecule has 0 fully saturated rings. The van der Waals surface area contributed by atoms with Crippen LogP contribution in [0.5, 0.6) is 0 Å². The molecule has 1 aliphatic rings. The molecule has 1 N–H and O–H groups in total. The highest BCUT2D eigenvalue weighted by molar-refractivity contribution is 7.98. The molecule has 0 saturated carbocycles. The standard InChI is InChI=1S/C20H20N2O3S2/c1-11-3-8-14-15(9-11)27-18-16(14)17(23)21-20(22-18)26-10-12-4-6-13(7-5-12)19(24)25-2/h4-7,11H,3,8-10H2,1-2H3,(H,21,22,23). The minimum Gasteiger partial charge on any atom is -0.465 e. The van der Waals surface area contributed by atoms with Crippen LogP contribution in [0, 0.1) is 5.92 Å². The lowest BCUT2D eigenvalue weighted by molar-refractivity contribution is 0.0600. The zero-order valence-electron chi connectivity index (χ0n) is 15.2. The Bertz CT molecular complexity index is 1050. The summed E-state index contributed by atoms with van der Waals surface area (Å²) in [7, 11) is 1.37. The number of nitrogens with one attached hydrogen (secondary N) is 1. The van der Waals surface area contributed by atoms with Crippen molar-refractivity contribution < 1.29 is 9.53 Å². The number of rotatable bonds is 4. The summed E-state index contributed by atoms with van der Waals surface area (Å²) in [6.45, 7) is 2.26. The number of nitrogens with zero attached hydrogens (tertiary/aromatic N) is 1. The molecule has 7 heteroatoms. The van der Waals surface area contributed by atoms with Gasteiger partial charge in [0.15, 0.2) is 5.16 Å². The molecule has 1 aromatic carbocycles. The molecule has 0 bridgehead atoms. The first-order valence-electron chi connectivity index (χ1n) is 8.89. The average Bonchev–Trinajstić information content (AvgIpc) is 3.03. The van der Waals surface area contributed by atoms with Crippen molar-refractivity contribution in [3.63, 3.8) is 0 Å². The van der Waals surface area contributed by atoms with Gasteiger partial charge in [-0.15, -0.1) is 11.3 Å². The number of aromatic nitrogens is 2. The molecule has 0 saturated heterocycles. The predicted molar refractivity (Wildman–Crippen MR) is 109 cm³/mol. The van der Waals surface area contributed by atoms with Crippen molar-refractivity contribution >= 4 is 39.3 Å². The lowest BCUT2D eigenvalue weighted by Crippen LogP contribution is -2.13. The van der Waals surface area contributed by atoms with E-state index in [1.807, 2.05) is 12.1 Å². The number of methoxy groups -OCH3 is 1. The van der Waals surface area contributed by atoms with E-state index in [2.05, 4.69) is 11.9 Å². The molecular formula is C20H20N2O3S2. The summed E-state index contributed by atoms with van der Waals surface area (Å²) in [5.41, 5.74) is 2.75. The van der Waals surface area contributed by atoms with Crippen LogP contribution in [0.2, 0.25) is 0 Å². The summed E-state index contributed by atoms with van der Waals surface area (Å²) < 4.78 is 4.71. The van der Waals surface area contributed by atoms with Crippen LogP contribution in [0.15, 0.2) is 34.2 Å². The molecule has 2 heterocycles. The Labute approximate surface area is 165 Å². The van der Waals surface area contributed by atoms with Gasteiger partial charge in [-0.05, 0) is 48.4 Å². The van der Waals surface area contributed by atoms with E-state index in [-0.39, 0.29) is 11.5 Å². The van der Waals surface area contributed by atoms with Gasteiger partial charge < -0.3 is 9.72 Å². The molecule has 4 rings (SSSR count). The first-order chi connectivity index (χ1) is 13.0. The first-order valence-corrected chi connectivity index (χ1v) is 10.7. The number of ether oxygens (including phenoxy) is 1. The summed E-state index contributed by atoms with van der Waals surface area (Å²) in [5.74, 6) is 0.992. The summed E-state index contributed by atoms with van der Waals surface area (Å²) in [4.78, 5) is 33.9. The molecule has 3 aromatic rings. The van der Waals surface area contributed by atoms with Gasteiger partial charge in [-0.2, -0.15) is 0 Å². The smallest absolute Gasteiger partial charge is 0.337 e. The third-order valence-electron chi connectivity index (χ3n) is 4.89. The first kappa shape index (κ1) is 18.3. The quantitative estimate of drug-likeness (QED) is 0.404. The van der Waals surface area contributed by atoms with Crippen LogP contribution in [-0.2, 0) is 23.3 Å². The highest BCUT2D eigenvalue weighted by atomic mass is 32.2. The van der Waals surface area contributed by atoms with Gasteiger partial charge in [0.25, 0.3) is 5.56 Å². The van der Waals surface area contributed by atoms with Gasteiger partial charge in [-0.3, -0.25) is 4.79 Å². The Hall–Kier alpha value is -2.12. The van der Waals surface area contributed by atoms with Crippen molar-refractivity contribution in [2.45, 2.75) is 37.1 Å². The highest BCUT2D eigenvalue weighted by Crippen LogP contribution is 2.36. The molecule has 1 unspecified atom stereocenters. The monoisotopic (exact) mass is 400 g/mol. The maximum absolute atomic E-state index is 12.6. The van der Waals surface area contributed by atoms with E-state index in [0.29, 0.717) is 22.4 Å². The van der Waals surface area contributed by atoms with Crippen LogP contribution in [0.4, 0.5) is 0 Å². The second-order valence-electron chi connectivity index (χ2n) is 6.88. The SMILES string of the molecule is COC(=O)c1ccc(CSc2nc3sc4c(c3c(=O)[nH]2)CCC(C)C4)cc1. The van der Waals surface area contributed by atoms with E-state index in [1.54, 1.807) is 23.5 Å². The van der Waals surface area contributed by atoms with Crippen LogP contribution in [0.3, 0.4) is 0 Å². The predicted octanol–water partition coefficient (Wildman–Crippen LogP) is 4.19. The molecular weight excluding hydrogens is 380 g/mol. The fourth-order valence-corrected chi connectivity index (χ4v) is 5.66. The Balaban J connectivity index is 1.54. The number of hydrogen-bond donors (Lipinski definition) is 1. The van der Waals surface area contributed by atoms with E-state index >= 15 is 0 Å². The molecule has 5 nitrogen and oxygen atoms in total. The molecule has 0 spiro atoms. The lowest BCUT2D eigenvalue weighted by atomic mass is 9.89. The molecule has 27 heavy (non-hydrogen) atoms. The minimum absolute atomic E-state index is 0.0319. The highest BCUT2D eigenvalue weighted by Gasteiger charge is 2.23. The topological polar surface area (TPSA) is 72.0 Å². The van der Waals surface area contributed by atoms with Crippen LogP contribution in [0.25, 0.3) is 10.2 Å². The zero-order chi connectivity index (χ0) is 19.0. The van der Waals surface area contributed by atoms with Gasteiger partial charge >= 0.3 is 5.97 Å². The number of fused-ring (bicyclic) bond motifs is 3. The van der Waals surface area contributed by atoms with Crippen molar-refractivity contribution in [1.29, 1.82) is 0 Å². The zero-order valence-corrected chi connectivity index (χ0v) is 16.8. The number of benzene rings is 1. The Kier molecular flexibility index (Phi) is 5.06. The van der Waals surface area contributed by atoms with Crippen molar-refractivity contribution in [3.05, 3.63) is 56.2 Å². The molecule has 1 aliphatic carbocycles.